The van der Waals surface area contributed by atoms with Crippen LogP contribution in [0.2, 0.25) is 0 Å². The fraction of sp³-hybridized carbons (Fsp3) is 0.385. The molecule has 0 radical (unpaired) electrons. The number of anilines is 1. The average molecular weight is 248 g/mol. The summed E-state index contributed by atoms with van der Waals surface area (Å²) in [6.45, 7) is 1.16. The molecule has 2 rings (SSSR count). The molecule has 1 unspecified atom stereocenters. The molecule has 1 aromatic carbocycles. The van der Waals surface area contributed by atoms with Crippen LogP contribution in [-0.4, -0.2) is 26.2 Å². The highest BCUT2D eigenvalue weighted by atomic mass is 19.1. The lowest BCUT2D eigenvalue weighted by Crippen LogP contribution is -2.23. The van der Waals surface area contributed by atoms with E-state index in [2.05, 4.69) is 0 Å². The van der Waals surface area contributed by atoms with Crippen LogP contribution >= 0.6 is 0 Å². The molecule has 0 aliphatic carbocycles. The minimum absolute atomic E-state index is 0.177. The molecule has 1 aliphatic rings. The maximum Gasteiger partial charge on any atom is 0.310 e. The lowest BCUT2D eigenvalue weighted by molar-refractivity contribution is -0.144. The van der Waals surface area contributed by atoms with Crippen LogP contribution < -0.4 is 4.90 Å². The second-order valence-corrected chi connectivity index (χ2v) is 4.26. The summed E-state index contributed by atoms with van der Waals surface area (Å²) < 4.78 is 18.0. The summed E-state index contributed by atoms with van der Waals surface area (Å²) in [6.07, 6.45) is 0.686. The number of methoxy groups -OCH3 is 1. The second kappa shape index (κ2) is 5.05. The lowest BCUT2D eigenvalue weighted by atomic mass is 10.1. The fourth-order valence-corrected chi connectivity index (χ4v) is 2.18. The van der Waals surface area contributed by atoms with Gasteiger partial charge in [0, 0.05) is 18.8 Å². The van der Waals surface area contributed by atoms with Crippen LogP contribution in [0.3, 0.4) is 0 Å². The molecule has 0 spiro atoms. The van der Waals surface area contributed by atoms with Gasteiger partial charge in [0.25, 0.3) is 0 Å². The summed E-state index contributed by atoms with van der Waals surface area (Å²) in [5.74, 6) is -0.858. The monoisotopic (exact) mass is 248 g/mol. The van der Waals surface area contributed by atoms with E-state index in [0.717, 1.165) is 0 Å². The quantitative estimate of drug-likeness (QED) is 0.747. The van der Waals surface area contributed by atoms with Crippen LogP contribution in [0.4, 0.5) is 10.1 Å². The van der Waals surface area contributed by atoms with E-state index in [1.807, 2.05) is 11.0 Å². The van der Waals surface area contributed by atoms with Crippen LogP contribution in [0.1, 0.15) is 12.0 Å². The van der Waals surface area contributed by atoms with E-state index in [4.69, 9.17) is 10.00 Å². The predicted octanol–water partition coefficient (Wildman–Crippen LogP) is 1.70. The van der Waals surface area contributed by atoms with Crippen LogP contribution in [0, 0.1) is 23.1 Å². The Kier molecular flexibility index (Phi) is 3.47. The predicted molar refractivity (Wildman–Crippen MR) is 63.5 cm³/mol. The summed E-state index contributed by atoms with van der Waals surface area (Å²) in [7, 11) is 1.36. The summed E-state index contributed by atoms with van der Waals surface area (Å²) in [5.41, 5.74) is 0.921. The first-order valence-electron chi connectivity index (χ1n) is 5.67. The summed E-state index contributed by atoms with van der Waals surface area (Å²) in [6, 6.07) is 6.11. The number of esters is 1. The molecule has 1 saturated heterocycles. The van der Waals surface area contributed by atoms with Crippen molar-refractivity contribution in [2.75, 3.05) is 25.1 Å². The molecule has 4 nitrogen and oxygen atoms in total. The molecule has 94 valence electrons. The van der Waals surface area contributed by atoms with Crippen molar-refractivity contribution in [3.8, 4) is 6.07 Å². The molecule has 0 N–H and O–H groups in total. The number of carbonyl (C=O) groups is 1. The third kappa shape index (κ3) is 2.43. The standard InChI is InChI=1S/C13H13FN2O2/c1-18-13(17)10-2-3-16(8-10)12-5-9(7-15)4-11(14)6-12/h4-6,10H,2-3,8H2,1H3. The topological polar surface area (TPSA) is 53.3 Å². The van der Waals surface area contributed by atoms with Gasteiger partial charge in [0.15, 0.2) is 0 Å². The van der Waals surface area contributed by atoms with Crippen LogP contribution in [0.15, 0.2) is 18.2 Å². The van der Waals surface area contributed by atoms with Gasteiger partial charge < -0.3 is 9.64 Å². The highest BCUT2D eigenvalue weighted by Crippen LogP contribution is 2.26. The number of rotatable bonds is 2. The van der Waals surface area contributed by atoms with E-state index in [9.17, 15) is 9.18 Å². The van der Waals surface area contributed by atoms with Crippen molar-refractivity contribution in [1.82, 2.24) is 0 Å². The zero-order valence-electron chi connectivity index (χ0n) is 10.0. The van der Waals surface area contributed by atoms with Gasteiger partial charge >= 0.3 is 5.97 Å². The highest BCUT2D eigenvalue weighted by Gasteiger charge is 2.29. The fourth-order valence-electron chi connectivity index (χ4n) is 2.18. The van der Waals surface area contributed by atoms with Crippen molar-refractivity contribution in [3.63, 3.8) is 0 Å². The normalized spacial score (nSPS) is 18.5. The van der Waals surface area contributed by atoms with Crippen molar-refractivity contribution in [1.29, 1.82) is 5.26 Å². The number of halogens is 1. The molecule has 1 fully saturated rings. The van der Waals surface area contributed by atoms with E-state index >= 15 is 0 Å². The Labute approximate surface area is 105 Å². The average Bonchev–Trinajstić information content (AvgIpc) is 2.86. The number of nitriles is 1. The summed E-state index contributed by atoms with van der Waals surface area (Å²) >= 11 is 0. The van der Waals surface area contributed by atoms with Gasteiger partial charge in [0.05, 0.1) is 24.7 Å². The van der Waals surface area contributed by atoms with Crippen molar-refractivity contribution < 1.29 is 13.9 Å². The molecule has 1 atom stereocenters. The van der Waals surface area contributed by atoms with Crippen LogP contribution in [-0.2, 0) is 9.53 Å². The van der Waals surface area contributed by atoms with Gasteiger partial charge in [-0.1, -0.05) is 0 Å². The summed E-state index contributed by atoms with van der Waals surface area (Å²) in [5, 5.41) is 8.80. The SMILES string of the molecule is COC(=O)C1CCN(c2cc(F)cc(C#N)c2)C1. The van der Waals surface area contributed by atoms with Crippen LogP contribution in [0.5, 0.6) is 0 Å². The van der Waals surface area contributed by atoms with Gasteiger partial charge in [0.1, 0.15) is 5.82 Å². The molecule has 1 aromatic rings. The zero-order chi connectivity index (χ0) is 13.1. The van der Waals surface area contributed by atoms with Gasteiger partial charge in [-0.05, 0) is 24.6 Å². The second-order valence-electron chi connectivity index (χ2n) is 4.26. The first kappa shape index (κ1) is 12.4. The van der Waals surface area contributed by atoms with E-state index in [0.29, 0.717) is 25.2 Å². The smallest absolute Gasteiger partial charge is 0.310 e. The van der Waals surface area contributed by atoms with E-state index in [1.54, 1.807) is 6.07 Å². The molecule has 5 heteroatoms. The number of carbonyl (C=O) groups excluding carboxylic acids is 1. The number of benzene rings is 1. The minimum Gasteiger partial charge on any atom is -0.469 e. The Morgan fingerprint density at radius 2 is 2.33 bits per heavy atom. The maximum absolute atomic E-state index is 13.3. The van der Waals surface area contributed by atoms with Crippen molar-refractivity contribution >= 4 is 11.7 Å². The summed E-state index contributed by atoms with van der Waals surface area (Å²) in [4.78, 5) is 13.3. The minimum atomic E-state index is -0.439. The Hall–Kier alpha value is -2.09. The van der Waals surface area contributed by atoms with Crippen molar-refractivity contribution in [2.45, 2.75) is 6.42 Å². The third-order valence-corrected chi connectivity index (χ3v) is 3.10. The molecule has 0 amide bonds. The van der Waals surface area contributed by atoms with Crippen molar-refractivity contribution in [2.24, 2.45) is 5.92 Å². The Bertz CT molecular complexity index is 510. The van der Waals surface area contributed by atoms with Crippen molar-refractivity contribution in [3.05, 3.63) is 29.6 Å². The van der Waals surface area contributed by atoms with Gasteiger partial charge in [-0.3, -0.25) is 4.79 Å². The van der Waals surface area contributed by atoms with Gasteiger partial charge in [-0.15, -0.1) is 0 Å². The molecule has 1 aliphatic heterocycles. The Morgan fingerprint density at radius 3 is 3.00 bits per heavy atom. The molecule has 0 saturated carbocycles. The number of ether oxygens (including phenoxy) is 1. The molecular formula is C13H13FN2O2. The van der Waals surface area contributed by atoms with Gasteiger partial charge in [0.2, 0.25) is 0 Å². The Balaban J connectivity index is 2.17. The third-order valence-electron chi connectivity index (χ3n) is 3.10. The molecule has 1 heterocycles. The molecule has 0 bridgehead atoms. The zero-order valence-corrected chi connectivity index (χ0v) is 10.0. The first-order valence-corrected chi connectivity index (χ1v) is 5.67. The lowest BCUT2D eigenvalue weighted by Gasteiger charge is -2.18. The number of hydrogen-bond acceptors (Lipinski definition) is 4. The highest BCUT2D eigenvalue weighted by molar-refractivity contribution is 5.74. The van der Waals surface area contributed by atoms with E-state index < -0.39 is 5.82 Å². The molecular weight excluding hydrogens is 235 g/mol. The Morgan fingerprint density at radius 1 is 1.56 bits per heavy atom. The molecule has 18 heavy (non-hydrogen) atoms. The van der Waals surface area contributed by atoms with E-state index in [-0.39, 0.29) is 17.5 Å². The maximum atomic E-state index is 13.3. The van der Waals surface area contributed by atoms with E-state index in [1.165, 1.54) is 19.2 Å². The first-order chi connectivity index (χ1) is 8.63. The van der Waals surface area contributed by atoms with Crippen LogP contribution in [0.25, 0.3) is 0 Å². The largest absolute Gasteiger partial charge is 0.469 e. The number of hydrogen-bond donors (Lipinski definition) is 0. The molecule has 0 aromatic heterocycles. The van der Waals surface area contributed by atoms with Gasteiger partial charge in [-0.2, -0.15) is 5.26 Å². The van der Waals surface area contributed by atoms with Gasteiger partial charge in [-0.25, -0.2) is 4.39 Å². The number of nitrogens with zero attached hydrogens (tertiary/aromatic N) is 2.